The lowest BCUT2D eigenvalue weighted by Crippen LogP contribution is -1.92. The Kier molecular flexibility index (Phi) is 5.21. The Bertz CT molecular complexity index is 2200. The van der Waals surface area contributed by atoms with Gasteiger partial charge in [0.1, 0.15) is 0 Å². The monoisotopic (exact) mass is 507 g/mol. The van der Waals surface area contributed by atoms with E-state index >= 15 is 0 Å². The zero-order valence-electron chi connectivity index (χ0n) is 21.9. The van der Waals surface area contributed by atoms with Crippen LogP contribution in [-0.4, -0.2) is 4.98 Å². The fourth-order valence-corrected chi connectivity index (χ4v) is 6.33. The number of nitrogens with zero attached hydrogens (tertiary/aromatic N) is 1. The summed E-state index contributed by atoms with van der Waals surface area (Å²) >= 11 is 0. The van der Waals surface area contributed by atoms with Crippen molar-refractivity contribution < 1.29 is 0 Å². The molecule has 1 heterocycles. The maximum absolute atomic E-state index is 4.82. The van der Waals surface area contributed by atoms with Crippen LogP contribution in [0.4, 0.5) is 0 Å². The van der Waals surface area contributed by atoms with E-state index in [0.29, 0.717) is 0 Å². The van der Waals surface area contributed by atoms with Gasteiger partial charge < -0.3 is 0 Å². The summed E-state index contributed by atoms with van der Waals surface area (Å²) in [6.07, 6.45) is 1.89. The van der Waals surface area contributed by atoms with E-state index in [1.807, 2.05) is 12.3 Å². The van der Waals surface area contributed by atoms with Crippen molar-refractivity contribution in [2.24, 2.45) is 0 Å². The first-order valence-electron chi connectivity index (χ1n) is 13.7. The second-order valence-electron chi connectivity index (χ2n) is 10.3. The minimum absolute atomic E-state index is 1.04. The lowest BCUT2D eigenvalue weighted by atomic mass is 9.84. The Morgan fingerprint density at radius 3 is 1.60 bits per heavy atom. The lowest BCUT2D eigenvalue weighted by molar-refractivity contribution is 1.43. The number of pyridine rings is 1. The summed E-state index contributed by atoms with van der Waals surface area (Å²) in [5.74, 6) is 0. The second kappa shape index (κ2) is 9.18. The smallest absolute Gasteiger partial charge is 0.0786 e. The normalized spacial score (nSPS) is 11.5. The first kappa shape index (κ1) is 22.7. The molecule has 8 rings (SSSR count). The first-order valence-corrected chi connectivity index (χ1v) is 13.7. The molecule has 0 spiro atoms. The van der Waals surface area contributed by atoms with Crippen LogP contribution >= 0.6 is 0 Å². The highest BCUT2D eigenvalue weighted by atomic mass is 14.6. The summed E-state index contributed by atoms with van der Waals surface area (Å²) < 4.78 is 0. The molecule has 0 atom stereocenters. The van der Waals surface area contributed by atoms with E-state index in [0.717, 1.165) is 5.52 Å². The van der Waals surface area contributed by atoms with Crippen LogP contribution in [-0.2, 0) is 0 Å². The molecule has 0 unspecified atom stereocenters. The molecule has 186 valence electrons. The minimum atomic E-state index is 1.04. The summed E-state index contributed by atoms with van der Waals surface area (Å²) in [5.41, 5.74) is 8.46. The van der Waals surface area contributed by atoms with Crippen molar-refractivity contribution in [1.82, 2.24) is 4.98 Å². The van der Waals surface area contributed by atoms with Gasteiger partial charge in [-0.05, 0) is 78.5 Å². The number of fused-ring (bicyclic) bond motifs is 5. The van der Waals surface area contributed by atoms with Gasteiger partial charge in [-0.25, -0.2) is 0 Å². The SMILES string of the molecule is c1ccc(-c2c3ccccc3c(-c3ccccc3)c3cc(-c4cc5ccccc5c5ncccc45)ccc23)cc1. The molecule has 0 aliphatic rings. The average Bonchev–Trinajstić information content (AvgIpc) is 3.03. The zero-order chi connectivity index (χ0) is 26.5. The molecule has 1 aromatic heterocycles. The van der Waals surface area contributed by atoms with E-state index in [9.17, 15) is 0 Å². The van der Waals surface area contributed by atoms with Crippen LogP contribution in [0.5, 0.6) is 0 Å². The molecule has 7 aromatic carbocycles. The lowest BCUT2D eigenvalue weighted by Gasteiger charge is -2.19. The number of aromatic nitrogens is 1. The number of rotatable bonds is 3. The largest absolute Gasteiger partial charge is 0.256 e. The molecule has 0 amide bonds. The molecule has 8 aromatic rings. The Hall–Kier alpha value is -5.27. The molecular weight excluding hydrogens is 482 g/mol. The van der Waals surface area contributed by atoms with E-state index in [4.69, 9.17) is 4.98 Å². The van der Waals surface area contributed by atoms with Crippen LogP contribution in [0, 0.1) is 0 Å². The highest BCUT2D eigenvalue weighted by Gasteiger charge is 2.18. The van der Waals surface area contributed by atoms with Gasteiger partial charge in [0.25, 0.3) is 0 Å². The molecule has 0 saturated heterocycles. The Morgan fingerprint density at radius 2 is 0.900 bits per heavy atom. The van der Waals surface area contributed by atoms with E-state index in [1.54, 1.807) is 0 Å². The molecular formula is C39H25N. The topological polar surface area (TPSA) is 12.9 Å². The minimum Gasteiger partial charge on any atom is -0.256 e. The molecule has 0 saturated carbocycles. The number of benzene rings is 7. The highest BCUT2D eigenvalue weighted by molar-refractivity contribution is 6.22. The Balaban J connectivity index is 1.53. The molecule has 1 heteroatoms. The fraction of sp³-hybridized carbons (Fsp3) is 0. The van der Waals surface area contributed by atoms with Crippen LogP contribution in [0.2, 0.25) is 0 Å². The van der Waals surface area contributed by atoms with E-state index in [-0.39, 0.29) is 0 Å². The van der Waals surface area contributed by atoms with Gasteiger partial charge in [-0.2, -0.15) is 0 Å². The summed E-state index contributed by atoms with van der Waals surface area (Å²) in [7, 11) is 0. The Morgan fingerprint density at radius 1 is 0.350 bits per heavy atom. The molecule has 0 N–H and O–H groups in total. The maximum Gasteiger partial charge on any atom is 0.0786 e. The van der Waals surface area contributed by atoms with Crippen molar-refractivity contribution in [1.29, 1.82) is 0 Å². The van der Waals surface area contributed by atoms with Crippen LogP contribution < -0.4 is 0 Å². The van der Waals surface area contributed by atoms with E-state index in [1.165, 1.54) is 71.1 Å². The predicted molar refractivity (Wildman–Crippen MR) is 171 cm³/mol. The summed E-state index contributed by atoms with van der Waals surface area (Å²) in [6, 6.07) is 52.5. The van der Waals surface area contributed by atoms with Crippen LogP contribution in [0.25, 0.3) is 76.6 Å². The predicted octanol–water partition coefficient (Wildman–Crippen LogP) is 10.7. The summed E-state index contributed by atoms with van der Waals surface area (Å²) in [4.78, 5) is 4.82. The molecule has 0 aliphatic carbocycles. The number of hydrogen-bond acceptors (Lipinski definition) is 1. The van der Waals surface area contributed by atoms with E-state index in [2.05, 4.69) is 140 Å². The van der Waals surface area contributed by atoms with E-state index < -0.39 is 0 Å². The molecule has 0 bridgehead atoms. The quantitative estimate of drug-likeness (QED) is 0.171. The summed E-state index contributed by atoms with van der Waals surface area (Å²) in [6.45, 7) is 0. The average molecular weight is 508 g/mol. The van der Waals surface area contributed by atoms with Gasteiger partial charge in [-0.1, -0.05) is 127 Å². The summed E-state index contributed by atoms with van der Waals surface area (Å²) in [5, 5.41) is 8.61. The highest BCUT2D eigenvalue weighted by Crippen LogP contribution is 2.45. The zero-order valence-corrected chi connectivity index (χ0v) is 21.9. The van der Waals surface area contributed by atoms with Gasteiger partial charge >= 0.3 is 0 Å². The van der Waals surface area contributed by atoms with Crippen LogP contribution in [0.15, 0.2) is 152 Å². The molecule has 0 radical (unpaired) electrons. The molecule has 1 nitrogen and oxygen atoms in total. The molecule has 0 fully saturated rings. The Labute approximate surface area is 233 Å². The van der Waals surface area contributed by atoms with Gasteiger partial charge in [0.15, 0.2) is 0 Å². The number of hydrogen-bond donors (Lipinski definition) is 0. The van der Waals surface area contributed by atoms with Gasteiger partial charge in [0.05, 0.1) is 5.52 Å². The van der Waals surface area contributed by atoms with Crippen molar-refractivity contribution in [3.05, 3.63) is 152 Å². The van der Waals surface area contributed by atoms with Crippen molar-refractivity contribution >= 4 is 43.2 Å². The van der Waals surface area contributed by atoms with Gasteiger partial charge in [0.2, 0.25) is 0 Å². The maximum atomic E-state index is 4.82. The van der Waals surface area contributed by atoms with Crippen molar-refractivity contribution in [2.75, 3.05) is 0 Å². The van der Waals surface area contributed by atoms with Gasteiger partial charge in [-0.15, -0.1) is 0 Å². The van der Waals surface area contributed by atoms with Gasteiger partial charge in [0, 0.05) is 17.0 Å². The molecule has 40 heavy (non-hydrogen) atoms. The third-order valence-electron chi connectivity index (χ3n) is 8.07. The van der Waals surface area contributed by atoms with Crippen molar-refractivity contribution in [3.8, 4) is 33.4 Å². The van der Waals surface area contributed by atoms with Crippen molar-refractivity contribution in [3.63, 3.8) is 0 Å². The molecule has 0 aliphatic heterocycles. The van der Waals surface area contributed by atoms with Crippen LogP contribution in [0.3, 0.4) is 0 Å². The van der Waals surface area contributed by atoms with Gasteiger partial charge in [-0.3, -0.25) is 4.98 Å². The second-order valence-corrected chi connectivity index (χ2v) is 10.3. The first-order chi connectivity index (χ1) is 19.9. The third-order valence-corrected chi connectivity index (χ3v) is 8.07. The third kappa shape index (κ3) is 3.52. The van der Waals surface area contributed by atoms with Crippen molar-refractivity contribution in [2.45, 2.75) is 0 Å². The van der Waals surface area contributed by atoms with Crippen LogP contribution in [0.1, 0.15) is 0 Å². The standard InChI is InChI=1S/C39H25N/c1-3-12-26(13-4-1)37-31-18-9-10-19-32(31)38(27-14-5-2-6-15-27)36-25-29(21-22-33(36)37)35-24-28-16-7-8-17-30(28)39-34(35)20-11-23-40-39/h1-25H. The fourth-order valence-electron chi connectivity index (χ4n) is 6.33.